The quantitative estimate of drug-likeness (QED) is 0.746. The van der Waals surface area contributed by atoms with Crippen molar-refractivity contribution in [2.75, 3.05) is 33.7 Å². The number of aryl methyl sites for hydroxylation is 1. The Hall–Kier alpha value is -1.40. The SMILES string of the molecule is Cc1cc(CN(CCN(C)C)CC(=O)O)no1. The molecule has 96 valence electrons. The molecule has 0 saturated heterocycles. The summed E-state index contributed by atoms with van der Waals surface area (Å²) >= 11 is 0. The van der Waals surface area contributed by atoms with Gasteiger partial charge in [0, 0.05) is 25.7 Å². The molecule has 1 aromatic heterocycles. The molecule has 0 spiro atoms. The largest absolute Gasteiger partial charge is 0.480 e. The van der Waals surface area contributed by atoms with Crippen molar-refractivity contribution in [3.63, 3.8) is 0 Å². The lowest BCUT2D eigenvalue weighted by molar-refractivity contribution is -0.138. The van der Waals surface area contributed by atoms with E-state index in [0.29, 0.717) is 13.1 Å². The van der Waals surface area contributed by atoms with E-state index in [2.05, 4.69) is 5.16 Å². The summed E-state index contributed by atoms with van der Waals surface area (Å²) in [5.41, 5.74) is 0.766. The maximum absolute atomic E-state index is 10.8. The molecular formula is C11H19N3O3. The third-order valence-electron chi connectivity index (χ3n) is 2.28. The van der Waals surface area contributed by atoms with Gasteiger partial charge in [0.15, 0.2) is 0 Å². The van der Waals surface area contributed by atoms with E-state index in [4.69, 9.17) is 9.63 Å². The Morgan fingerprint density at radius 2 is 2.18 bits per heavy atom. The van der Waals surface area contributed by atoms with Crippen molar-refractivity contribution in [2.24, 2.45) is 0 Å². The van der Waals surface area contributed by atoms with Gasteiger partial charge in [-0.1, -0.05) is 5.16 Å². The average molecular weight is 241 g/mol. The van der Waals surface area contributed by atoms with Crippen molar-refractivity contribution in [1.29, 1.82) is 0 Å². The monoisotopic (exact) mass is 241 g/mol. The van der Waals surface area contributed by atoms with Crippen LogP contribution in [0.1, 0.15) is 11.5 Å². The summed E-state index contributed by atoms with van der Waals surface area (Å²) in [6.45, 7) is 3.82. The summed E-state index contributed by atoms with van der Waals surface area (Å²) in [5.74, 6) is -0.0909. The van der Waals surface area contributed by atoms with Crippen molar-refractivity contribution < 1.29 is 14.4 Å². The fourth-order valence-corrected chi connectivity index (χ4v) is 1.47. The van der Waals surface area contributed by atoms with Crippen molar-refractivity contribution in [3.05, 3.63) is 17.5 Å². The van der Waals surface area contributed by atoms with E-state index in [9.17, 15) is 4.79 Å². The van der Waals surface area contributed by atoms with E-state index in [1.807, 2.05) is 36.9 Å². The minimum Gasteiger partial charge on any atom is -0.480 e. The molecule has 0 fully saturated rings. The highest BCUT2D eigenvalue weighted by molar-refractivity contribution is 5.69. The molecule has 0 unspecified atom stereocenters. The Balaban J connectivity index is 2.53. The van der Waals surface area contributed by atoms with Crippen molar-refractivity contribution in [2.45, 2.75) is 13.5 Å². The number of likely N-dealkylation sites (N-methyl/N-ethyl adjacent to an activating group) is 1. The van der Waals surface area contributed by atoms with Gasteiger partial charge in [-0.25, -0.2) is 0 Å². The number of carboxylic acid groups (broad SMARTS) is 1. The molecule has 1 N–H and O–H groups in total. The highest BCUT2D eigenvalue weighted by Gasteiger charge is 2.12. The van der Waals surface area contributed by atoms with Crippen LogP contribution in [-0.2, 0) is 11.3 Å². The normalized spacial score (nSPS) is 11.4. The topological polar surface area (TPSA) is 69.8 Å². The fourth-order valence-electron chi connectivity index (χ4n) is 1.47. The molecule has 1 rings (SSSR count). The highest BCUT2D eigenvalue weighted by atomic mass is 16.5. The van der Waals surface area contributed by atoms with E-state index in [1.54, 1.807) is 0 Å². The predicted octanol–water partition coefficient (Wildman–Crippen LogP) is 0.431. The molecule has 17 heavy (non-hydrogen) atoms. The molecule has 0 aliphatic carbocycles. The molecule has 0 aliphatic heterocycles. The molecule has 0 saturated carbocycles. The zero-order valence-electron chi connectivity index (χ0n) is 10.5. The summed E-state index contributed by atoms with van der Waals surface area (Å²) in [6.07, 6.45) is 0. The number of hydrogen-bond acceptors (Lipinski definition) is 5. The Morgan fingerprint density at radius 1 is 1.47 bits per heavy atom. The van der Waals surface area contributed by atoms with Crippen LogP contribution in [0, 0.1) is 6.92 Å². The Morgan fingerprint density at radius 3 is 2.65 bits per heavy atom. The Bertz CT molecular complexity index is 363. The first-order valence-corrected chi connectivity index (χ1v) is 5.48. The van der Waals surface area contributed by atoms with E-state index < -0.39 is 5.97 Å². The van der Waals surface area contributed by atoms with E-state index in [-0.39, 0.29) is 6.54 Å². The summed E-state index contributed by atoms with van der Waals surface area (Å²) in [4.78, 5) is 14.6. The van der Waals surface area contributed by atoms with Gasteiger partial charge in [0.2, 0.25) is 0 Å². The summed E-state index contributed by atoms with van der Waals surface area (Å²) < 4.78 is 4.96. The van der Waals surface area contributed by atoms with Gasteiger partial charge in [0.1, 0.15) is 5.76 Å². The lowest BCUT2D eigenvalue weighted by Gasteiger charge is -2.20. The zero-order chi connectivity index (χ0) is 12.8. The van der Waals surface area contributed by atoms with Crippen LogP contribution >= 0.6 is 0 Å². The van der Waals surface area contributed by atoms with Crippen LogP contribution in [0.4, 0.5) is 0 Å². The second kappa shape index (κ2) is 6.36. The number of nitrogens with zero attached hydrogens (tertiary/aromatic N) is 3. The first kappa shape index (κ1) is 13.7. The first-order chi connectivity index (χ1) is 7.97. The molecule has 0 bridgehead atoms. The highest BCUT2D eigenvalue weighted by Crippen LogP contribution is 2.05. The summed E-state index contributed by atoms with van der Waals surface area (Å²) in [6, 6.07) is 1.82. The molecular weight excluding hydrogens is 222 g/mol. The van der Waals surface area contributed by atoms with Gasteiger partial charge in [-0.2, -0.15) is 0 Å². The fraction of sp³-hybridized carbons (Fsp3) is 0.636. The van der Waals surface area contributed by atoms with Crippen LogP contribution in [-0.4, -0.2) is 59.8 Å². The van der Waals surface area contributed by atoms with Gasteiger partial charge in [0.25, 0.3) is 0 Å². The van der Waals surface area contributed by atoms with Crippen LogP contribution < -0.4 is 0 Å². The van der Waals surface area contributed by atoms with Crippen LogP contribution in [0.3, 0.4) is 0 Å². The molecule has 0 atom stereocenters. The molecule has 0 aliphatic rings. The molecule has 1 heterocycles. The predicted molar refractivity (Wildman–Crippen MR) is 62.7 cm³/mol. The van der Waals surface area contributed by atoms with E-state index in [1.165, 1.54) is 0 Å². The van der Waals surface area contributed by atoms with Gasteiger partial charge in [-0.15, -0.1) is 0 Å². The number of rotatable bonds is 7. The van der Waals surface area contributed by atoms with Crippen molar-refractivity contribution in [3.8, 4) is 0 Å². The first-order valence-electron chi connectivity index (χ1n) is 5.48. The lowest BCUT2D eigenvalue weighted by atomic mass is 10.3. The number of carboxylic acids is 1. The second-order valence-corrected chi connectivity index (χ2v) is 4.34. The molecule has 6 nitrogen and oxygen atoms in total. The number of aromatic nitrogens is 1. The average Bonchev–Trinajstić information content (AvgIpc) is 2.59. The van der Waals surface area contributed by atoms with Crippen molar-refractivity contribution in [1.82, 2.24) is 15.0 Å². The Labute approximate surface area is 101 Å². The molecule has 0 aromatic carbocycles. The summed E-state index contributed by atoms with van der Waals surface area (Å²) in [7, 11) is 3.92. The molecule has 0 amide bonds. The van der Waals surface area contributed by atoms with Gasteiger partial charge in [-0.3, -0.25) is 9.69 Å². The van der Waals surface area contributed by atoms with Crippen LogP contribution in [0.25, 0.3) is 0 Å². The van der Waals surface area contributed by atoms with Crippen LogP contribution in [0.5, 0.6) is 0 Å². The summed E-state index contributed by atoms with van der Waals surface area (Å²) in [5, 5.41) is 12.7. The smallest absolute Gasteiger partial charge is 0.317 e. The minimum atomic E-state index is -0.830. The minimum absolute atomic E-state index is 0.0136. The molecule has 1 aromatic rings. The Kier molecular flexibility index (Phi) is 5.11. The maximum Gasteiger partial charge on any atom is 0.317 e. The van der Waals surface area contributed by atoms with Gasteiger partial charge in [0.05, 0.1) is 12.2 Å². The third kappa shape index (κ3) is 5.46. The van der Waals surface area contributed by atoms with E-state index >= 15 is 0 Å². The van der Waals surface area contributed by atoms with Crippen molar-refractivity contribution >= 4 is 5.97 Å². The number of aliphatic carboxylic acids is 1. The van der Waals surface area contributed by atoms with Crippen LogP contribution in [0.2, 0.25) is 0 Å². The van der Waals surface area contributed by atoms with E-state index in [0.717, 1.165) is 18.0 Å². The second-order valence-electron chi connectivity index (χ2n) is 4.34. The van der Waals surface area contributed by atoms with Crippen LogP contribution in [0.15, 0.2) is 10.6 Å². The standard InChI is InChI=1S/C11H19N3O3/c1-9-6-10(12-17-9)7-14(8-11(15)16)5-4-13(2)3/h6H,4-5,7-8H2,1-3H3,(H,15,16). The van der Waals surface area contributed by atoms with Gasteiger partial charge < -0.3 is 14.5 Å². The zero-order valence-corrected chi connectivity index (χ0v) is 10.5. The number of hydrogen-bond donors (Lipinski definition) is 1. The lowest BCUT2D eigenvalue weighted by Crippen LogP contribution is -2.35. The maximum atomic E-state index is 10.8. The van der Waals surface area contributed by atoms with Gasteiger partial charge >= 0.3 is 5.97 Å². The molecule has 6 heteroatoms. The van der Waals surface area contributed by atoms with Gasteiger partial charge in [-0.05, 0) is 21.0 Å². The number of carbonyl (C=O) groups is 1. The molecule has 0 radical (unpaired) electrons. The third-order valence-corrected chi connectivity index (χ3v) is 2.28.